The summed E-state index contributed by atoms with van der Waals surface area (Å²) in [7, 11) is 1.59. The Kier molecular flexibility index (Phi) is 5.40. The highest BCUT2D eigenvalue weighted by Gasteiger charge is 2.47. The number of carbonyl (C=O) groups excluding carboxylic acids is 2. The van der Waals surface area contributed by atoms with Gasteiger partial charge in [0.05, 0.1) is 18.7 Å². The van der Waals surface area contributed by atoms with Gasteiger partial charge >= 0.3 is 0 Å². The van der Waals surface area contributed by atoms with Gasteiger partial charge in [-0.3, -0.25) is 9.59 Å². The van der Waals surface area contributed by atoms with Crippen LogP contribution in [0.1, 0.15) is 43.7 Å². The van der Waals surface area contributed by atoms with E-state index < -0.39 is 11.9 Å². The van der Waals surface area contributed by atoms with Crippen molar-refractivity contribution in [2.75, 3.05) is 33.3 Å². The zero-order chi connectivity index (χ0) is 19.7. The Labute approximate surface area is 165 Å². The third-order valence-corrected chi connectivity index (χ3v) is 6.03. The predicted octanol–water partition coefficient (Wildman–Crippen LogP) is 2.86. The van der Waals surface area contributed by atoms with Gasteiger partial charge in [0.15, 0.2) is 11.5 Å². The van der Waals surface area contributed by atoms with E-state index >= 15 is 0 Å². The van der Waals surface area contributed by atoms with E-state index in [4.69, 9.17) is 4.74 Å². The van der Waals surface area contributed by atoms with Crippen LogP contribution in [0, 0.1) is 5.92 Å². The largest absolute Gasteiger partial charge is 0.503 e. The van der Waals surface area contributed by atoms with Crippen LogP contribution in [0.3, 0.4) is 0 Å². The average Bonchev–Trinajstić information content (AvgIpc) is 3.55. The molecule has 2 aliphatic heterocycles. The first-order valence-electron chi connectivity index (χ1n) is 10.2. The van der Waals surface area contributed by atoms with E-state index in [1.54, 1.807) is 12.0 Å². The van der Waals surface area contributed by atoms with Gasteiger partial charge in [0.25, 0.3) is 5.91 Å². The number of rotatable bonds is 7. The van der Waals surface area contributed by atoms with Gasteiger partial charge in [0, 0.05) is 19.0 Å². The molecule has 1 aromatic rings. The molecular weight excluding hydrogens is 356 g/mol. The molecule has 6 heteroatoms. The molecule has 0 aromatic heterocycles. The maximum Gasteiger partial charge on any atom is 0.290 e. The predicted molar refractivity (Wildman–Crippen MR) is 105 cm³/mol. The second kappa shape index (κ2) is 7.95. The fraction of sp³-hybridized carbons (Fsp3) is 0.545. The lowest BCUT2D eigenvalue weighted by molar-refractivity contribution is -0.129. The lowest BCUT2D eigenvalue weighted by atomic mass is 9.94. The van der Waals surface area contributed by atoms with E-state index in [1.807, 2.05) is 24.3 Å². The molecule has 4 rings (SSSR count). The minimum absolute atomic E-state index is 0.0555. The Morgan fingerprint density at radius 2 is 1.93 bits per heavy atom. The smallest absolute Gasteiger partial charge is 0.290 e. The normalized spacial score (nSPS) is 23.4. The number of nitrogens with zero attached hydrogens (tertiary/aromatic N) is 2. The number of aliphatic hydroxyl groups is 1. The van der Waals surface area contributed by atoms with Crippen molar-refractivity contribution in [2.45, 2.75) is 38.1 Å². The molecule has 28 heavy (non-hydrogen) atoms. The minimum atomic E-state index is -0.541. The van der Waals surface area contributed by atoms with Crippen LogP contribution in [0.2, 0.25) is 0 Å². The van der Waals surface area contributed by atoms with Gasteiger partial charge in [-0.1, -0.05) is 18.6 Å². The van der Waals surface area contributed by atoms with E-state index in [-0.39, 0.29) is 23.0 Å². The number of ether oxygens (including phenoxy) is 1. The number of hydrogen-bond donors (Lipinski definition) is 1. The summed E-state index contributed by atoms with van der Waals surface area (Å²) in [6.45, 7) is 3.33. The number of piperidine rings is 1. The van der Waals surface area contributed by atoms with Gasteiger partial charge in [-0.15, -0.1) is 0 Å². The van der Waals surface area contributed by atoms with Crippen LogP contribution in [-0.2, 0) is 9.59 Å². The van der Waals surface area contributed by atoms with Crippen LogP contribution in [-0.4, -0.2) is 59.9 Å². The molecule has 1 aromatic carbocycles. The number of hydrogen-bond acceptors (Lipinski definition) is 5. The van der Waals surface area contributed by atoms with E-state index in [0.717, 1.165) is 38.0 Å². The molecule has 0 bridgehead atoms. The van der Waals surface area contributed by atoms with Crippen LogP contribution in [0.4, 0.5) is 0 Å². The van der Waals surface area contributed by atoms with Gasteiger partial charge in [-0.25, -0.2) is 0 Å². The standard InChI is InChI=1S/C22H28N2O4/c1-28-17-7-5-6-16(14-17)19-18(20(25)15-8-9-15)21(26)22(27)24(19)13-12-23-10-3-2-4-11-23/h5-7,14-15,19,26H,2-4,8-13H2,1H3. The number of benzene rings is 1. The first-order chi connectivity index (χ1) is 13.6. The topological polar surface area (TPSA) is 70.1 Å². The van der Waals surface area contributed by atoms with Gasteiger partial charge < -0.3 is 19.6 Å². The molecule has 1 amide bonds. The van der Waals surface area contributed by atoms with Crippen molar-refractivity contribution in [3.63, 3.8) is 0 Å². The average molecular weight is 384 g/mol. The molecule has 1 N–H and O–H groups in total. The van der Waals surface area contributed by atoms with Gasteiger partial charge in [-0.2, -0.15) is 0 Å². The minimum Gasteiger partial charge on any atom is -0.503 e. The number of aliphatic hydroxyl groups excluding tert-OH is 1. The number of ketones is 1. The Hall–Kier alpha value is -2.34. The molecule has 2 heterocycles. The highest BCUT2D eigenvalue weighted by molar-refractivity contribution is 6.10. The van der Waals surface area contributed by atoms with Crippen molar-refractivity contribution in [3.8, 4) is 5.75 Å². The highest BCUT2D eigenvalue weighted by Crippen LogP contribution is 2.43. The Balaban J connectivity index is 1.63. The molecule has 150 valence electrons. The zero-order valence-corrected chi connectivity index (χ0v) is 16.4. The molecule has 3 aliphatic rings. The molecule has 0 spiro atoms. The van der Waals surface area contributed by atoms with Gasteiger partial charge in [-0.05, 0) is 56.5 Å². The highest BCUT2D eigenvalue weighted by atomic mass is 16.5. The van der Waals surface area contributed by atoms with Gasteiger partial charge in [0.1, 0.15) is 5.75 Å². The second-order valence-corrected chi connectivity index (χ2v) is 7.98. The summed E-state index contributed by atoms with van der Waals surface area (Å²) < 4.78 is 5.34. The molecule has 2 fully saturated rings. The number of carbonyl (C=O) groups is 2. The summed E-state index contributed by atoms with van der Waals surface area (Å²) in [4.78, 5) is 29.8. The van der Waals surface area contributed by atoms with Gasteiger partial charge in [0.2, 0.25) is 0 Å². The number of likely N-dealkylation sites (tertiary alicyclic amines) is 1. The summed E-state index contributed by atoms with van der Waals surface area (Å²) in [6.07, 6.45) is 5.29. The molecule has 6 nitrogen and oxygen atoms in total. The lowest BCUT2D eigenvalue weighted by Gasteiger charge is -2.31. The maximum absolute atomic E-state index is 12.9. The number of Topliss-reactive ketones (excluding diaryl/α,β-unsaturated/α-hetero) is 1. The Bertz CT molecular complexity index is 793. The Morgan fingerprint density at radius 1 is 1.18 bits per heavy atom. The van der Waals surface area contributed by atoms with Crippen molar-refractivity contribution in [1.82, 2.24) is 9.80 Å². The first-order valence-corrected chi connectivity index (χ1v) is 10.2. The summed E-state index contributed by atoms with van der Waals surface area (Å²) >= 11 is 0. The van der Waals surface area contributed by atoms with Crippen molar-refractivity contribution < 1.29 is 19.4 Å². The van der Waals surface area contributed by atoms with Crippen LogP contribution in [0.5, 0.6) is 5.75 Å². The zero-order valence-electron chi connectivity index (χ0n) is 16.4. The van der Waals surface area contributed by atoms with Crippen molar-refractivity contribution >= 4 is 11.7 Å². The van der Waals surface area contributed by atoms with Crippen LogP contribution >= 0.6 is 0 Å². The first kappa shape index (κ1) is 19.0. The Morgan fingerprint density at radius 3 is 2.61 bits per heavy atom. The second-order valence-electron chi connectivity index (χ2n) is 7.98. The molecule has 1 saturated heterocycles. The van der Waals surface area contributed by atoms with E-state index in [0.29, 0.717) is 12.3 Å². The van der Waals surface area contributed by atoms with Crippen molar-refractivity contribution in [2.24, 2.45) is 5.92 Å². The number of methoxy groups -OCH3 is 1. The third kappa shape index (κ3) is 3.65. The van der Waals surface area contributed by atoms with E-state index in [2.05, 4.69) is 4.90 Å². The maximum atomic E-state index is 12.9. The lowest BCUT2D eigenvalue weighted by Crippen LogP contribution is -2.40. The fourth-order valence-corrected chi connectivity index (χ4v) is 4.29. The van der Waals surface area contributed by atoms with Crippen LogP contribution in [0.25, 0.3) is 0 Å². The van der Waals surface area contributed by atoms with Crippen LogP contribution in [0.15, 0.2) is 35.6 Å². The molecular formula is C22H28N2O4. The molecule has 0 radical (unpaired) electrons. The fourth-order valence-electron chi connectivity index (χ4n) is 4.29. The quantitative estimate of drug-likeness (QED) is 0.783. The molecule has 1 aliphatic carbocycles. The van der Waals surface area contributed by atoms with Crippen molar-refractivity contribution in [3.05, 3.63) is 41.2 Å². The third-order valence-electron chi connectivity index (χ3n) is 6.03. The van der Waals surface area contributed by atoms with Crippen LogP contribution < -0.4 is 4.74 Å². The summed E-state index contributed by atoms with van der Waals surface area (Å²) in [6, 6.07) is 6.90. The summed E-state index contributed by atoms with van der Waals surface area (Å²) in [5.74, 6) is -0.276. The van der Waals surface area contributed by atoms with Crippen molar-refractivity contribution in [1.29, 1.82) is 0 Å². The monoisotopic (exact) mass is 384 g/mol. The van der Waals surface area contributed by atoms with E-state index in [1.165, 1.54) is 19.3 Å². The summed E-state index contributed by atoms with van der Waals surface area (Å²) in [5, 5.41) is 10.6. The van der Waals surface area contributed by atoms with E-state index in [9.17, 15) is 14.7 Å². The molecule has 1 atom stereocenters. The molecule has 1 unspecified atom stereocenters. The molecule has 1 saturated carbocycles. The number of amides is 1. The summed E-state index contributed by atoms with van der Waals surface area (Å²) in [5.41, 5.74) is 1.07. The SMILES string of the molecule is COc1cccc(C2C(C(=O)C3CC3)=C(O)C(=O)N2CCN2CCCCC2)c1.